The number of rotatable bonds is 3. The van der Waals surface area contributed by atoms with Crippen LogP contribution in [0.1, 0.15) is 41.9 Å². The summed E-state index contributed by atoms with van der Waals surface area (Å²) in [4.78, 5) is 14.5. The minimum Gasteiger partial charge on any atom is -0.381 e. The Labute approximate surface area is 124 Å². The quantitative estimate of drug-likeness (QED) is 0.850. The molecule has 1 saturated heterocycles. The van der Waals surface area contributed by atoms with E-state index in [9.17, 15) is 4.79 Å². The van der Waals surface area contributed by atoms with Gasteiger partial charge in [0, 0.05) is 26.8 Å². The Bertz CT molecular complexity index is 529. The molecule has 1 saturated carbocycles. The number of hydrogen-bond acceptors (Lipinski definition) is 5. The highest BCUT2D eigenvalue weighted by Gasteiger charge is 2.53. The van der Waals surface area contributed by atoms with Crippen molar-refractivity contribution >= 4 is 5.91 Å². The molecule has 1 aliphatic heterocycles. The monoisotopic (exact) mass is 294 g/mol. The van der Waals surface area contributed by atoms with Gasteiger partial charge in [-0.15, -0.1) is 0 Å². The van der Waals surface area contributed by atoms with Crippen LogP contribution in [0.5, 0.6) is 0 Å². The first-order valence-electron chi connectivity index (χ1n) is 7.42. The van der Waals surface area contributed by atoms with Gasteiger partial charge < -0.3 is 18.9 Å². The Hall–Kier alpha value is -1.40. The number of aryl methyl sites for hydroxylation is 1. The van der Waals surface area contributed by atoms with E-state index in [0.29, 0.717) is 18.0 Å². The lowest BCUT2D eigenvalue weighted by molar-refractivity contribution is -0.0896. The van der Waals surface area contributed by atoms with E-state index in [2.05, 4.69) is 5.16 Å². The smallest absolute Gasteiger partial charge is 0.292 e. The summed E-state index contributed by atoms with van der Waals surface area (Å²) < 4.78 is 16.4. The first kappa shape index (κ1) is 14.5. The zero-order valence-electron chi connectivity index (χ0n) is 12.8. The van der Waals surface area contributed by atoms with Gasteiger partial charge in [0.25, 0.3) is 5.91 Å². The normalized spacial score (nSPS) is 32.2. The van der Waals surface area contributed by atoms with Crippen LogP contribution >= 0.6 is 0 Å². The third kappa shape index (κ3) is 2.36. The Kier molecular flexibility index (Phi) is 3.75. The third-order valence-corrected chi connectivity index (χ3v) is 4.97. The Balaban J connectivity index is 1.84. The van der Waals surface area contributed by atoms with Crippen molar-refractivity contribution in [3.63, 3.8) is 0 Å². The molecule has 116 valence electrons. The molecule has 0 bridgehead atoms. The molecule has 2 heterocycles. The Morgan fingerprint density at radius 1 is 1.48 bits per heavy atom. The van der Waals surface area contributed by atoms with E-state index in [0.717, 1.165) is 25.7 Å². The van der Waals surface area contributed by atoms with Crippen molar-refractivity contribution in [2.45, 2.75) is 50.4 Å². The zero-order chi connectivity index (χ0) is 15.0. The molecular formula is C15H22N2O4. The van der Waals surface area contributed by atoms with E-state index in [1.54, 1.807) is 20.3 Å². The van der Waals surface area contributed by atoms with E-state index in [1.165, 1.54) is 0 Å². The highest BCUT2D eigenvalue weighted by Crippen LogP contribution is 2.43. The predicted octanol–water partition coefficient (Wildman–Crippen LogP) is 1.78. The van der Waals surface area contributed by atoms with Crippen molar-refractivity contribution in [1.29, 1.82) is 0 Å². The van der Waals surface area contributed by atoms with E-state index >= 15 is 0 Å². The van der Waals surface area contributed by atoms with Gasteiger partial charge in [0.15, 0.2) is 0 Å². The summed E-state index contributed by atoms with van der Waals surface area (Å²) in [6, 6.07) is 1.73. The third-order valence-electron chi connectivity index (χ3n) is 4.97. The summed E-state index contributed by atoms with van der Waals surface area (Å²) in [6.07, 6.45) is 3.76. The second-order valence-electron chi connectivity index (χ2n) is 6.00. The largest absolute Gasteiger partial charge is 0.381 e. The van der Waals surface area contributed by atoms with Crippen molar-refractivity contribution in [3.05, 3.63) is 17.5 Å². The van der Waals surface area contributed by atoms with Crippen LogP contribution in [0.25, 0.3) is 0 Å². The van der Waals surface area contributed by atoms with Gasteiger partial charge in [0.1, 0.15) is 0 Å². The topological polar surface area (TPSA) is 64.8 Å². The lowest BCUT2D eigenvalue weighted by Crippen LogP contribution is -2.53. The van der Waals surface area contributed by atoms with Crippen molar-refractivity contribution in [2.24, 2.45) is 0 Å². The molecule has 3 atom stereocenters. The van der Waals surface area contributed by atoms with Crippen LogP contribution < -0.4 is 0 Å². The summed E-state index contributed by atoms with van der Waals surface area (Å²) in [7, 11) is 3.47. The number of aromatic nitrogens is 1. The van der Waals surface area contributed by atoms with Crippen LogP contribution in [0.3, 0.4) is 0 Å². The van der Waals surface area contributed by atoms with Crippen molar-refractivity contribution < 1.29 is 18.8 Å². The standard InChI is InChI=1S/C15H22N2O4/c1-10-8-12(21-16-10)14(18)17-7-6-15(20-3)5-4-11(19-2)9-13(15)17/h8,11,13H,4-7,9H2,1-3H3/t11-,13+,15-/m1/s1. The molecule has 0 N–H and O–H groups in total. The zero-order valence-corrected chi connectivity index (χ0v) is 12.8. The lowest BCUT2D eigenvalue weighted by Gasteiger charge is -2.43. The molecule has 0 spiro atoms. The number of ether oxygens (including phenoxy) is 2. The molecule has 3 rings (SSSR count). The SMILES string of the molecule is CO[C@@H]1CC[C@@]2(OC)CCN(C(=O)c3cc(C)no3)[C@H]2C1. The van der Waals surface area contributed by atoms with Gasteiger partial charge in [-0.1, -0.05) is 5.16 Å². The van der Waals surface area contributed by atoms with Gasteiger partial charge in [-0.3, -0.25) is 4.79 Å². The number of hydrogen-bond donors (Lipinski definition) is 0. The number of carbonyl (C=O) groups excluding carboxylic acids is 1. The van der Waals surface area contributed by atoms with E-state index < -0.39 is 0 Å². The highest BCUT2D eigenvalue weighted by molar-refractivity contribution is 5.92. The van der Waals surface area contributed by atoms with Crippen LogP contribution in [0, 0.1) is 6.92 Å². The van der Waals surface area contributed by atoms with Gasteiger partial charge in [0.2, 0.25) is 5.76 Å². The molecule has 2 aliphatic rings. The van der Waals surface area contributed by atoms with Crippen LogP contribution in [0.15, 0.2) is 10.6 Å². The summed E-state index contributed by atoms with van der Waals surface area (Å²) in [5.74, 6) is 0.204. The van der Waals surface area contributed by atoms with Gasteiger partial charge in [-0.25, -0.2) is 0 Å². The first-order valence-corrected chi connectivity index (χ1v) is 7.42. The molecule has 1 aromatic heterocycles. The minimum absolute atomic E-state index is 0.0408. The molecule has 2 fully saturated rings. The molecule has 0 radical (unpaired) electrons. The lowest BCUT2D eigenvalue weighted by atomic mass is 9.79. The number of fused-ring (bicyclic) bond motifs is 1. The summed E-state index contributed by atoms with van der Waals surface area (Å²) in [5, 5.41) is 3.80. The molecule has 6 nitrogen and oxygen atoms in total. The van der Waals surface area contributed by atoms with Gasteiger partial charge in [-0.05, 0) is 32.6 Å². The number of amides is 1. The number of carbonyl (C=O) groups is 1. The summed E-state index contributed by atoms with van der Waals surface area (Å²) in [5.41, 5.74) is 0.480. The molecule has 6 heteroatoms. The molecule has 0 unspecified atom stereocenters. The van der Waals surface area contributed by atoms with Gasteiger partial charge in [0.05, 0.1) is 23.4 Å². The van der Waals surface area contributed by atoms with Crippen LogP contribution in [0.2, 0.25) is 0 Å². The first-order chi connectivity index (χ1) is 10.1. The highest BCUT2D eigenvalue weighted by atomic mass is 16.5. The van der Waals surface area contributed by atoms with Crippen LogP contribution in [0.4, 0.5) is 0 Å². The molecule has 1 amide bonds. The van der Waals surface area contributed by atoms with Crippen LogP contribution in [-0.4, -0.2) is 54.5 Å². The van der Waals surface area contributed by atoms with Crippen molar-refractivity contribution in [3.8, 4) is 0 Å². The molecular weight excluding hydrogens is 272 g/mol. The second kappa shape index (κ2) is 5.42. The number of nitrogens with zero attached hydrogens (tertiary/aromatic N) is 2. The minimum atomic E-state index is -0.236. The molecule has 0 aromatic carbocycles. The fourth-order valence-corrected chi connectivity index (χ4v) is 3.73. The van der Waals surface area contributed by atoms with E-state index in [1.807, 2.05) is 11.8 Å². The Morgan fingerprint density at radius 3 is 2.90 bits per heavy atom. The van der Waals surface area contributed by atoms with E-state index in [4.69, 9.17) is 14.0 Å². The maximum Gasteiger partial charge on any atom is 0.292 e. The fourth-order valence-electron chi connectivity index (χ4n) is 3.73. The second-order valence-corrected chi connectivity index (χ2v) is 6.00. The predicted molar refractivity (Wildman–Crippen MR) is 75.1 cm³/mol. The van der Waals surface area contributed by atoms with Gasteiger partial charge in [-0.2, -0.15) is 0 Å². The van der Waals surface area contributed by atoms with E-state index in [-0.39, 0.29) is 23.7 Å². The molecule has 21 heavy (non-hydrogen) atoms. The van der Waals surface area contributed by atoms with Crippen LogP contribution in [-0.2, 0) is 9.47 Å². The maximum atomic E-state index is 12.7. The summed E-state index contributed by atoms with van der Waals surface area (Å²) >= 11 is 0. The van der Waals surface area contributed by atoms with Crippen molar-refractivity contribution in [1.82, 2.24) is 10.1 Å². The number of likely N-dealkylation sites (tertiary alicyclic amines) is 1. The fraction of sp³-hybridized carbons (Fsp3) is 0.733. The number of methoxy groups -OCH3 is 2. The Morgan fingerprint density at radius 2 is 2.29 bits per heavy atom. The average molecular weight is 294 g/mol. The maximum absolute atomic E-state index is 12.7. The molecule has 1 aliphatic carbocycles. The molecule has 1 aromatic rings. The van der Waals surface area contributed by atoms with Gasteiger partial charge >= 0.3 is 0 Å². The summed E-state index contributed by atoms with van der Waals surface area (Å²) in [6.45, 7) is 2.50. The van der Waals surface area contributed by atoms with Crippen molar-refractivity contribution in [2.75, 3.05) is 20.8 Å². The average Bonchev–Trinajstić information content (AvgIpc) is 3.10.